The Kier molecular flexibility index (Phi) is 2.18. The van der Waals surface area contributed by atoms with Crippen LogP contribution in [0.5, 0.6) is 0 Å². The summed E-state index contributed by atoms with van der Waals surface area (Å²) in [4.78, 5) is 4.63. The van der Waals surface area contributed by atoms with Gasteiger partial charge in [0.1, 0.15) is 0 Å². The highest BCUT2D eigenvalue weighted by Crippen LogP contribution is 2.30. The molecule has 0 aliphatic heterocycles. The van der Waals surface area contributed by atoms with Gasteiger partial charge in [-0.1, -0.05) is 46.3 Å². The fourth-order valence-electron chi connectivity index (χ4n) is 2.01. The van der Waals surface area contributed by atoms with Crippen molar-refractivity contribution >= 4 is 37.6 Å². The third-order valence-corrected chi connectivity index (χ3v) is 3.45. The number of aromatic nitrogens is 1. The molecule has 2 aromatic carbocycles. The van der Waals surface area contributed by atoms with E-state index in [9.17, 15) is 0 Å². The molecular weight excluding hydrogens is 262 g/mol. The van der Waals surface area contributed by atoms with Crippen molar-refractivity contribution in [2.75, 3.05) is 0 Å². The number of halogens is 1. The minimum Gasteiger partial charge on any atom is -0.252 e. The number of nitrogens with zero attached hydrogens (tertiary/aromatic N) is 1. The standard InChI is InChI=1S/C14H10BrN/c1-9-5-6-11-8-7-10-3-2-4-12(15)13(10)14(11)16-9/h2-8H,1H3. The third-order valence-electron chi connectivity index (χ3n) is 2.79. The highest BCUT2D eigenvalue weighted by Gasteiger charge is 2.04. The van der Waals surface area contributed by atoms with Crippen LogP contribution in [-0.2, 0) is 0 Å². The molecule has 0 amide bonds. The van der Waals surface area contributed by atoms with Crippen LogP contribution in [0.15, 0.2) is 46.9 Å². The van der Waals surface area contributed by atoms with E-state index in [4.69, 9.17) is 0 Å². The average Bonchev–Trinajstić information content (AvgIpc) is 2.28. The summed E-state index contributed by atoms with van der Waals surface area (Å²) < 4.78 is 1.11. The molecule has 78 valence electrons. The Morgan fingerprint density at radius 1 is 0.938 bits per heavy atom. The zero-order valence-electron chi connectivity index (χ0n) is 8.87. The molecule has 0 aliphatic carbocycles. The summed E-state index contributed by atoms with van der Waals surface area (Å²) in [6.45, 7) is 2.02. The van der Waals surface area contributed by atoms with E-state index in [1.165, 1.54) is 16.2 Å². The van der Waals surface area contributed by atoms with Crippen LogP contribution in [0.2, 0.25) is 0 Å². The number of pyridine rings is 1. The topological polar surface area (TPSA) is 12.9 Å². The fraction of sp³-hybridized carbons (Fsp3) is 0.0714. The van der Waals surface area contributed by atoms with Crippen LogP contribution in [0.25, 0.3) is 21.7 Å². The molecule has 0 fully saturated rings. The lowest BCUT2D eigenvalue weighted by atomic mass is 10.1. The molecule has 0 unspecified atom stereocenters. The fourth-order valence-corrected chi connectivity index (χ4v) is 2.58. The van der Waals surface area contributed by atoms with Gasteiger partial charge in [0.05, 0.1) is 5.52 Å². The Morgan fingerprint density at radius 2 is 1.69 bits per heavy atom. The van der Waals surface area contributed by atoms with Crippen molar-refractivity contribution in [1.82, 2.24) is 4.98 Å². The molecule has 1 heterocycles. The molecule has 1 nitrogen and oxygen atoms in total. The summed E-state index contributed by atoms with van der Waals surface area (Å²) in [5.74, 6) is 0. The monoisotopic (exact) mass is 271 g/mol. The molecule has 0 saturated heterocycles. The molecule has 0 N–H and O–H groups in total. The first-order chi connectivity index (χ1) is 7.75. The maximum absolute atomic E-state index is 4.63. The third kappa shape index (κ3) is 1.41. The molecule has 3 rings (SSSR count). The van der Waals surface area contributed by atoms with E-state index in [1.807, 2.05) is 19.1 Å². The first-order valence-electron chi connectivity index (χ1n) is 5.20. The van der Waals surface area contributed by atoms with E-state index in [2.05, 4.69) is 51.2 Å². The number of hydrogen-bond donors (Lipinski definition) is 0. The molecule has 16 heavy (non-hydrogen) atoms. The van der Waals surface area contributed by atoms with Gasteiger partial charge >= 0.3 is 0 Å². The van der Waals surface area contributed by atoms with Crippen molar-refractivity contribution in [2.45, 2.75) is 6.92 Å². The molecule has 0 saturated carbocycles. The maximum Gasteiger partial charge on any atom is 0.0794 e. The Bertz CT molecular complexity index is 689. The molecule has 0 atom stereocenters. The lowest BCUT2D eigenvalue weighted by Gasteiger charge is -2.05. The van der Waals surface area contributed by atoms with Gasteiger partial charge in [0.15, 0.2) is 0 Å². The van der Waals surface area contributed by atoms with Gasteiger partial charge in [0.2, 0.25) is 0 Å². The van der Waals surface area contributed by atoms with Crippen LogP contribution >= 0.6 is 15.9 Å². The van der Waals surface area contributed by atoms with Crippen LogP contribution in [0, 0.1) is 6.92 Å². The van der Waals surface area contributed by atoms with Crippen molar-refractivity contribution in [3.05, 3.63) is 52.6 Å². The van der Waals surface area contributed by atoms with E-state index in [0.29, 0.717) is 0 Å². The number of rotatable bonds is 0. The summed E-state index contributed by atoms with van der Waals surface area (Å²) in [6.07, 6.45) is 0. The summed E-state index contributed by atoms with van der Waals surface area (Å²) in [5.41, 5.74) is 2.13. The van der Waals surface area contributed by atoms with Crippen molar-refractivity contribution in [1.29, 1.82) is 0 Å². The predicted molar refractivity (Wildman–Crippen MR) is 71.7 cm³/mol. The highest BCUT2D eigenvalue weighted by molar-refractivity contribution is 9.10. The van der Waals surface area contributed by atoms with Crippen molar-refractivity contribution in [2.24, 2.45) is 0 Å². The second-order valence-corrected chi connectivity index (χ2v) is 4.78. The Balaban J connectivity index is 2.61. The van der Waals surface area contributed by atoms with Gasteiger partial charge in [-0.3, -0.25) is 4.98 Å². The van der Waals surface area contributed by atoms with Crippen molar-refractivity contribution < 1.29 is 0 Å². The number of aryl methyl sites for hydroxylation is 1. The van der Waals surface area contributed by atoms with E-state index in [0.717, 1.165) is 15.7 Å². The SMILES string of the molecule is Cc1ccc2ccc3cccc(Br)c3c2n1. The normalized spacial score (nSPS) is 11.1. The van der Waals surface area contributed by atoms with Gasteiger partial charge in [0.25, 0.3) is 0 Å². The van der Waals surface area contributed by atoms with Gasteiger partial charge in [-0.15, -0.1) is 0 Å². The second kappa shape index (κ2) is 3.56. The zero-order chi connectivity index (χ0) is 11.1. The summed E-state index contributed by atoms with van der Waals surface area (Å²) >= 11 is 3.60. The minimum absolute atomic E-state index is 1.05. The molecule has 0 aliphatic rings. The smallest absolute Gasteiger partial charge is 0.0794 e. The lowest BCUT2D eigenvalue weighted by molar-refractivity contribution is 1.26. The van der Waals surface area contributed by atoms with Crippen LogP contribution in [0.4, 0.5) is 0 Å². The van der Waals surface area contributed by atoms with Gasteiger partial charge < -0.3 is 0 Å². The molecule has 2 heteroatoms. The van der Waals surface area contributed by atoms with Crippen molar-refractivity contribution in [3.63, 3.8) is 0 Å². The molecular formula is C14H10BrN. The summed E-state index contributed by atoms with van der Waals surface area (Å²) in [7, 11) is 0. The van der Waals surface area contributed by atoms with Crippen molar-refractivity contribution in [3.8, 4) is 0 Å². The average molecular weight is 272 g/mol. The summed E-state index contributed by atoms with van der Waals surface area (Å²) in [6, 6.07) is 14.7. The quantitative estimate of drug-likeness (QED) is 0.550. The number of fused-ring (bicyclic) bond motifs is 3. The van der Waals surface area contributed by atoms with E-state index >= 15 is 0 Å². The van der Waals surface area contributed by atoms with Gasteiger partial charge in [-0.2, -0.15) is 0 Å². The van der Waals surface area contributed by atoms with Crippen LogP contribution in [-0.4, -0.2) is 4.98 Å². The van der Waals surface area contributed by atoms with Gasteiger partial charge in [0, 0.05) is 20.9 Å². The maximum atomic E-state index is 4.63. The Hall–Kier alpha value is -1.41. The molecule has 1 aromatic heterocycles. The zero-order valence-corrected chi connectivity index (χ0v) is 10.5. The van der Waals surface area contributed by atoms with Crippen LogP contribution in [0.3, 0.4) is 0 Å². The number of benzene rings is 2. The molecule has 0 spiro atoms. The van der Waals surface area contributed by atoms with Gasteiger partial charge in [-0.05, 0) is 24.4 Å². The Labute approximate surface area is 102 Å². The van der Waals surface area contributed by atoms with Gasteiger partial charge in [-0.25, -0.2) is 0 Å². The molecule has 0 bridgehead atoms. The molecule has 3 aromatic rings. The van der Waals surface area contributed by atoms with E-state index < -0.39 is 0 Å². The van der Waals surface area contributed by atoms with Crippen LogP contribution in [0.1, 0.15) is 5.69 Å². The molecule has 0 radical (unpaired) electrons. The predicted octanol–water partition coefficient (Wildman–Crippen LogP) is 4.46. The lowest BCUT2D eigenvalue weighted by Crippen LogP contribution is -1.85. The summed E-state index contributed by atoms with van der Waals surface area (Å²) in [5, 5.41) is 3.61. The van der Waals surface area contributed by atoms with E-state index in [1.54, 1.807) is 0 Å². The number of hydrogen-bond acceptors (Lipinski definition) is 1. The first-order valence-corrected chi connectivity index (χ1v) is 5.99. The highest BCUT2D eigenvalue weighted by atomic mass is 79.9. The van der Waals surface area contributed by atoms with E-state index in [-0.39, 0.29) is 0 Å². The minimum atomic E-state index is 1.05. The second-order valence-electron chi connectivity index (χ2n) is 3.93. The first kappa shape index (κ1) is 9.79. The van der Waals surface area contributed by atoms with Crippen LogP contribution < -0.4 is 0 Å². The Morgan fingerprint density at radius 3 is 2.56 bits per heavy atom. The largest absolute Gasteiger partial charge is 0.252 e.